The zero-order valence-electron chi connectivity index (χ0n) is 9.05. The first-order valence-corrected chi connectivity index (χ1v) is 5.93. The monoisotopic (exact) mass is 239 g/mol. The first kappa shape index (κ1) is 11.6. The van der Waals surface area contributed by atoms with Crippen molar-refractivity contribution in [1.82, 2.24) is 0 Å². The molecule has 1 atom stereocenters. The molecule has 0 aromatic heterocycles. The van der Waals surface area contributed by atoms with Crippen LogP contribution in [0.5, 0.6) is 0 Å². The van der Waals surface area contributed by atoms with E-state index in [-0.39, 0.29) is 11.9 Å². The highest BCUT2D eigenvalue weighted by atomic mass is 35.5. The van der Waals surface area contributed by atoms with Gasteiger partial charge in [0.05, 0.1) is 0 Å². The average molecular weight is 240 g/mol. The summed E-state index contributed by atoms with van der Waals surface area (Å²) in [6.45, 7) is 0. The summed E-state index contributed by atoms with van der Waals surface area (Å²) in [6, 6.07) is 5.00. The van der Waals surface area contributed by atoms with Crippen LogP contribution in [0.2, 0.25) is 5.02 Å². The molecular formula is C13H15ClFN. The normalized spacial score (nSPS) is 23.7. The van der Waals surface area contributed by atoms with Crippen molar-refractivity contribution in [2.24, 2.45) is 5.73 Å². The van der Waals surface area contributed by atoms with Crippen molar-refractivity contribution < 1.29 is 4.39 Å². The topological polar surface area (TPSA) is 26.0 Å². The molecule has 0 radical (unpaired) electrons. The Balaban J connectivity index is 2.21. The van der Waals surface area contributed by atoms with Crippen LogP contribution in [0.3, 0.4) is 0 Å². The fraction of sp³-hybridized carbons (Fsp3) is 0.385. The third-order valence-electron chi connectivity index (χ3n) is 2.92. The molecule has 0 amide bonds. The van der Waals surface area contributed by atoms with Gasteiger partial charge in [0.15, 0.2) is 0 Å². The molecule has 2 N–H and O–H groups in total. The lowest BCUT2D eigenvalue weighted by atomic mass is 9.90. The summed E-state index contributed by atoms with van der Waals surface area (Å²) in [7, 11) is 0. The molecule has 1 aromatic rings. The van der Waals surface area contributed by atoms with E-state index in [0.29, 0.717) is 10.6 Å². The van der Waals surface area contributed by atoms with Gasteiger partial charge in [-0.05, 0) is 37.8 Å². The highest BCUT2D eigenvalue weighted by Crippen LogP contribution is 2.26. The minimum absolute atomic E-state index is 0.232. The van der Waals surface area contributed by atoms with Crippen LogP contribution >= 0.6 is 11.6 Å². The number of hydrogen-bond donors (Lipinski definition) is 1. The van der Waals surface area contributed by atoms with Gasteiger partial charge >= 0.3 is 0 Å². The fourth-order valence-electron chi connectivity index (χ4n) is 2.10. The minimum Gasteiger partial charge on any atom is -0.327 e. The van der Waals surface area contributed by atoms with Gasteiger partial charge in [0, 0.05) is 16.6 Å². The molecule has 1 aliphatic carbocycles. The van der Waals surface area contributed by atoms with Crippen LogP contribution in [-0.2, 0) is 0 Å². The lowest BCUT2D eigenvalue weighted by Crippen LogP contribution is -2.23. The molecule has 1 saturated carbocycles. The van der Waals surface area contributed by atoms with Crippen LogP contribution in [0, 0.1) is 5.82 Å². The quantitative estimate of drug-likeness (QED) is 0.793. The molecule has 0 bridgehead atoms. The lowest BCUT2D eigenvalue weighted by Gasteiger charge is -2.20. The smallest absolute Gasteiger partial charge is 0.131 e. The average Bonchev–Trinajstić information content (AvgIpc) is 2.22. The number of benzene rings is 1. The van der Waals surface area contributed by atoms with E-state index >= 15 is 0 Å². The predicted molar refractivity (Wildman–Crippen MR) is 65.8 cm³/mol. The van der Waals surface area contributed by atoms with Crippen LogP contribution in [0.4, 0.5) is 4.39 Å². The van der Waals surface area contributed by atoms with Crippen molar-refractivity contribution in [3.8, 4) is 0 Å². The van der Waals surface area contributed by atoms with Crippen molar-refractivity contribution in [1.29, 1.82) is 0 Å². The second kappa shape index (κ2) is 4.98. The number of rotatable bonds is 1. The van der Waals surface area contributed by atoms with E-state index in [1.54, 1.807) is 12.1 Å². The number of nitrogens with two attached hydrogens (primary N) is 1. The second-order valence-electron chi connectivity index (χ2n) is 4.32. The third kappa shape index (κ3) is 2.83. The van der Waals surface area contributed by atoms with Gasteiger partial charge in [-0.1, -0.05) is 29.3 Å². The molecule has 16 heavy (non-hydrogen) atoms. The maximum atomic E-state index is 13.5. The summed E-state index contributed by atoms with van der Waals surface area (Å²) in [4.78, 5) is 0. The van der Waals surface area contributed by atoms with E-state index in [0.717, 1.165) is 25.7 Å². The van der Waals surface area contributed by atoms with Gasteiger partial charge in [-0.25, -0.2) is 4.39 Å². The Morgan fingerprint density at radius 1 is 1.44 bits per heavy atom. The van der Waals surface area contributed by atoms with E-state index in [1.165, 1.54) is 11.6 Å². The first-order chi connectivity index (χ1) is 7.65. The zero-order chi connectivity index (χ0) is 11.5. The molecule has 0 heterocycles. The molecule has 0 spiro atoms. The molecule has 1 fully saturated rings. The Morgan fingerprint density at radius 2 is 2.25 bits per heavy atom. The number of hydrogen-bond acceptors (Lipinski definition) is 1. The van der Waals surface area contributed by atoms with Crippen molar-refractivity contribution in [2.75, 3.05) is 0 Å². The molecule has 1 nitrogen and oxygen atoms in total. The molecule has 1 unspecified atom stereocenters. The van der Waals surface area contributed by atoms with E-state index in [9.17, 15) is 4.39 Å². The maximum absolute atomic E-state index is 13.5. The molecule has 86 valence electrons. The van der Waals surface area contributed by atoms with Crippen LogP contribution < -0.4 is 5.73 Å². The Labute approximate surface area is 100 Å². The Kier molecular flexibility index (Phi) is 3.62. The summed E-state index contributed by atoms with van der Waals surface area (Å²) < 4.78 is 13.5. The predicted octanol–water partition coefficient (Wildman–Crippen LogP) is 3.76. The lowest BCUT2D eigenvalue weighted by molar-refractivity contribution is 0.520. The zero-order valence-corrected chi connectivity index (χ0v) is 9.80. The molecule has 1 aliphatic rings. The molecule has 2 rings (SSSR count). The van der Waals surface area contributed by atoms with Crippen LogP contribution in [0.25, 0.3) is 6.08 Å². The van der Waals surface area contributed by atoms with E-state index in [4.69, 9.17) is 17.3 Å². The second-order valence-corrected chi connectivity index (χ2v) is 4.76. The van der Waals surface area contributed by atoms with Gasteiger partial charge in [0.25, 0.3) is 0 Å². The summed E-state index contributed by atoms with van der Waals surface area (Å²) in [6.07, 6.45) is 5.98. The standard InChI is InChI=1S/C13H15ClFN/c14-11-5-4-10(13(15)8-11)6-9-2-1-3-12(16)7-9/h4-6,8,12H,1-3,7,16H2/b9-6-. The number of halogens is 2. The van der Waals surface area contributed by atoms with Crippen molar-refractivity contribution in [3.05, 3.63) is 40.2 Å². The summed E-state index contributed by atoms with van der Waals surface area (Å²) in [5, 5.41) is 0.431. The highest BCUT2D eigenvalue weighted by molar-refractivity contribution is 6.30. The Morgan fingerprint density at radius 3 is 2.94 bits per heavy atom. The molecule has 0 saturated heterocycles. The fourth-order valence-corrected chi connectivity index (χ4v) is 2.26. The minimum atomic E-state index is -0.265. The first-order valence-electron chi connectivity index (χ1n) is 5.55. The van der Waals surface area contributed by atoms with E-state index in [2.05, 4.69) is 0 Å². The Hall–Kier alpha value is -0.860. The van der Waals surface area contributed by atoms with Crippen molar-refractivity contribution in [2.45, 2.75) is 31.7 Å². The molecule has 3 heteroatoms. The van der Waals surface area contributed by atoms with Gasteiger partial charge in [-0.3, -0.25) is 0 Å². The molecule has 1 aromatic carbocycles. The SMILES string of the molecule is NC1CCC/C(=C/c2ccc(Cl)cc2F)C1. The maximum Gasteiger partial charge on any atom is 0.131 e. The highest BCUT2D eigenvalue weighted by Gasteiger charge is 2.13. The van der Waals surface area contributed by atoms with Gasteiger partial charge in [0.1, 0.15) is 5.82 Å². The van der Waals surface area contributed by atoms with Gasteiger partial charge in [-0.2, -0.15) is 0 Å². The van der Waals surface area contributed by atoms with E-state index < -0.39 is 0 Å². The van der Waals surface area contributed by atoms with Gasteiger partial charge < -0.3 is 5.73 Å². The summed E-state index contributed by atoms with van der Waals surface area (Å²) >= 11 is 5.70. The van der Waals surface area contributed by atoms with E-state index in [1.807, 2.05) is 6.08 Å². The summed E-state index contributed by atoms with van der Waals surface area (Å²) in [5.41, 5.74) is 7.73. The van der Waals surface area contributed by atoms with Crippen LogP contribution in [0.1, 0.15) is 31.2 Å². The van der Waals surface area contributed by atoms with Gasteiger partial charge in [-0.15, -0.1) is 0 Å². The van der Waals surface area contributed by atoms with Crippen molar-refractivity contribution >= 4 is 17.7 Å². The van der Waals surface area contributed by atoms with Crippen LogP contribution in [0.15, 0.2) is 23.8 Å². The Bertz CT molecular complexity index is 414. The third-order valence-corrected chi connectivity index (χ3v) is 3.15. The molecule has 0 aliphatic heterocycles. The van der Waals surface area contributed by atoms with Gasteiger partial charge in [0.2, 0.25) is 0 Å². The largest absolute Gasteiger partial charge is 0.327 e. The molecular weight excluding hydrogens is 225 g/mol. The van der Waals surface area contributed by atoms with Crippen molar-refractivity contribution in [3.63, 3.8) is 0 Å². The summed E-state index contributed by atoms with van der Waals surface area (Å²) in [5.74, 6) is -0.265. The van der Waals surface area contributed by atoms with Crippen LogP contribution in [-0.4, -0.2) is 6.04 Å².